The van der Waals surface area contributed by atoms with E-state index in [9.17, 15) is 4.79 Å². The van der Waals surface area contributed by atoms with Gasteiger partial charge in [0.15, 0.2) is 0 Å². The van der Waals surface area contributed by atoms with E-state index in [1.807, 2.05) is 6.07 Å². The number of amides is 1. The molecule has 0 bridgehead atoms. The summed E-state index contributed by atoms with van der Waals surface area (Å²) in [5.41, 5.74) is 6.95. The van der Waals surface area contributed by atoms with Crippen LogP contribution in [0.4, 0.5) is 0 Å². The molecular formula is C29H32N2O. The zero-order valence-corrected chi connectivity index (χ0v) is 18.9. The molecule has 1 fully saturated rings. The number of hydrogen-bond acceptors (Lipinski definition) is 2. The highest BCUT2D eigenvalue weighted by molar-refractivity contribution is 5.78. The molecule has 1 saturated heterocycles. The van der Waals surface area contributed by atoms with Crippen LogP contribution in [0.5, 0.6) is 0 Å². The van der Waals surface area contributed by atoms with Crippen LogP contribution in [0.2, 0.25) is 0 Å². The third-order valence-electron chi connectivity index (χ3n) is 7.50. The van der Waals surface area contributed by atoms with Crippen LogP contribution >= 0.6 is 0 Å². The number of carbonyl (C=O) groups excluding carboxylic acids is 1. The van der Waals surface area contributed by atoms with Crippen molar-refractivity contribution in [2.75, 3.05) is 19.6 Å². The maximum absolute atomic E-state index is 13.1. The van der Waals surface area contributed by atoms with Crippen LogP contribution in [0.3, 0.4) is 0 Å². The molecule has 1 atom stereocenters. The third kappa shape index (κ3) is 4.10. The van der Waals surface area contributed by atoms with Crippen LogP contribution in [-0.2, 0) is 16.6 Å². The molecule has 1 amide bonds. The molecule has 164 valence electrons. The largest absolute Gasteiger partial charge is 0.342 e. The molecule has 0 radical (unpaired) electrons. The highest BCUT2D eigenvalue weighted by Gasteiger charge is 2.41. The summed E-state index contributed by atoms with van der Waals surface area (Å²) < 4.78 is 0. The van der Waals surface area contributed by atoms with Crippen molar-refractivity contribution in [1.29, 1.82) is 0 Å². The molecule has 1 spiro atoms. The summed E-state index contributed by atoms with van der Waals surface area (Å²) in [5, 5.41) is 3.56. The Balaban J connectivity index is 1.25. The first-order chi connectivity index (χ1) is 15.6. The Bertz CT molecular complexity index is 1080. The van der Waals surface area contributed by atoms with E-state index in [2.05, 4.69) is 89.9 Å². The molecule has 3 aromatic carbocycles. The first-order valence-electron chi connectivity index (χ1n) is 11.9. The molecule has 32 heavy (non-hydrogen) atoms. The second-order valence-corrected chi connectivity index (χ2v) is 9.46. The van der Waals surface area contributed by atoms with Crippen LogP contribution in [0.15, 0.2) is 78.9 Å². The van der Waals surface area contributed by atoms with Crippen LogP contribution in [-0.4, -0.2) is 30.4 Å². The van der Waals surface area contributed by atoms with Gasteiger partial charge in [0.2, 0.25) is 5.91 Å². The number of benzene rings is 3. The lowest BCUT2D eigenvalue weighted by atomic mass is 9.74. The lowest BCUT2D eigenvalue weighted by Crippen LogP contribution is -2.47. The van der Waals surface area contributed by atoms with Gasteiger partial charge in [0.05, 0.1) is 12.6 Å². The minimum Gasteiger partial charge on any atom is -0.342 e. The minimum absolute atomic E-state index is 0.0119. The summed E-state index contributed by atoms with van der Waals surface area (Å²) in [4.78, 5) is 15.2. The number of nitrogens with one attached hydrogen (secondary N) is 1. The smallest absolute Gasteiger partial charge is 0.236 e. The molecule has 1 aliphatic carbocycles. The number of rotatable bonds is 5. The van der Waals surface area contributed by atoms with E-state index in [1.165, 1.54) is 40.7 Å². The summed E-state index contributed by atoms with van der Waals surface area (Å²) in [6.45, 7) is 4.18. The second-order valence-electron chi connectivity index (χ2n) is 9.46. The molecule has 1 aliphatic heterocycles. The summed E-state index contributed by atoms with van der Waals surface area (Å²) in [7, 11) is 0. The SMILES string of the molecule is Cc1cccc(C(NCC(=O)N2CCC3(CCc4ccccc43)CC2)c2ccccc2)c1. The quantitative estimate of drug-likeness (QED) is 0.612. The van der Waals surface area contributed by atoms with Crippen LogP contribution in [0.25, 0.3) is 0 Å². The first kappa shape index (κ1) is 21.0. The van der Waals surface area contributed by atoms with Crippen molar-refractivity contribution < 1.29 is 4.79 Å². The number of piperidine rings is 1. The van der Waals surface area contributed by atoms with Gasteiger partial charge in [-0.2, -0.15) is 0 Å². The maximum Gasteiger partial charge on any atom is 0.236 e. The summed E-state index contributed by atoms with van der Waals surface area (Å²) >= 11 is 0. The predicted molar refractivity (Wildman–Crippen MR) is 130 cm³/mol. The van der Waals surface area contributed by atoms with Gasteiger partial charge in [-0.15, -0.1) is 0 Å². The molecule has 0 saturated carbocycles. The Morgan fingerprint density at radius 2 is 1.62 bits per heavy atom. The van der Waals surface area contributed by atoms with Crippen molar-refractivity contribution in [3.8, 4) is 0 Å². The normalized spacial score (nSPS) is 17.8. The van der Waals surface area contributed by atoms with Gasteiger partial charge in [-0.05, 0) is 60.3 Å². The van der Waals surface area contributed by atoms with E-state index in [0.717, 1.165) is 25.9 Å². The maximum atomic E-state index is 13.1. The Hall–Kier alpha value is -2.91. The molecule has 3 nitrogen and oxygen atoms in total. The van der Waals surface area contributed by atoms with Gasteiger partial charge in [0.25, 0.3) is 0 Å². The number of fused-ring (bicyclic) bond motifs is 2. The van der Waals surface area contributed by atoms with Crippen LogP contribution in [0, 0.1) is 6.92 Å². The monoisotopic (exact) mass is 424 g/mol. The fraction of sp³-hybridized carbons (Fsp3) is 0.345. The average Bonchev–Trinajstić information content (AvgIpc) is 3.18. The first-order valence-corrected chi connectivity index (χ1v) is 11.9. The topological polar surface area (TPSA) is 32.3 Å². The Kier molecular flexibility index (Phi) is 5.84. The van der Waals surface area contributed by atoms with Crippen molar-refractivity contribution in [2.45, 2.75) is 44.1 Å². The predicted octanol–water partition coefficient (Wildman–Crippen LogP) is 5.18. The lowest BCUT2D eigenvalue weighted by Gasteiger charge is -2.40. The van der Waals surface area contributed by atoms with Gasteiger partial charge in [-0.1, -0.05) is 84.4 Å². The molecule has 1 N–H and O–H groups in total. The number of hydrogen-bond donors (Lipinski definition) is 1. The van der Waals surface area contributed by atoms with Gasteiger partial charge in [-0.25, -0.2) is 0 Å². The van der Waals surface area contributed by atoms with Crippen molar-refractivity contribution in [3.63, 3.8) is 0 Å². The summed E-state index contributed by atoms with van der Waals surface area (Å²) in [6.07, 6.45) is 4.57. The molecule has 5 rings (SSSR count). The lowest BCUT2D eigenvalue weighted by molar-refractivity contribution is -0.131. The van der Waals surface area contributed by atoms with E-state index < -0.39 is 0 Å². The van der Waals surface area contributed by atoms with E-state index in [4.69, 9.17) is 0 Å². The number of nitrogens with zero attached hydrogens (tertiary/aromatic N) is 1. The molecule has 2 aliphatic rings. The van der Waals surface area contributed by atoms with Gasteiger partial charge < -0.3 is 4.90 Å². The van der Waals surface area contributed by atoms with Gasteiger partial charge >= 0.3 is 0 Å². The Morgan fingerprint density at radius 3 is 2.41 bits per heavy atom. The molecule has 1 unspecified atom stereocenters. The zero-order valence-electron chi connectivity index (χ0n) is 18.9. The molecular weight excluding hydrogens is 392 g/mol. The standard InChI is InChI=1S/C29H32N2O/c1-22-8-7-12-25(20-22)28(24-10-3-2-4-11-24)30-21-27(32)31-18-16-29(17-19-31)15-14-23-9-5-6-13-26(23)29/h2-13,20,28,30H,14-19,21H2,1H3. The van der Waals surface area contributed by atoms with Gasteiger partial charge in [0, 0.05) is 13.1 Å². The zero-order chi connectivity index (χ0) is 22.0. The molecule has 0 aromatic heterocycles. The molecule has 3 heteroatoms. The highest BCUT2D eigenvalue weighted by atomic mass is 16.2. The fourth-order valence-corrected chi connectivity index (χ4v) is 5.69. The van der Waals surface area contributed by atoms with Crippen molar-refractivity contribution in [3.05, 3.63) is 107 Å². The molecule has 1 heterocycles. The number of carbonyl (C=O) groups is 1. The van der Waals surface area contributed by atoms with Crippen molar-refractivity contribution >= 4 is 5.91 Å². The fourth-order valence-electron chi connectivity index (χ4n) is 5.69. The number of aryl methyl sites for hydroxylation is 2. The molecule has 3 aromatic rings. The van der Waals surface area contributed by atoms with Gasteiger partial charge in [0.1, 0.15) is 0 Å². The van der Waals surface area contributed by atoms with E-state index in [-0.39, 0.29) is 17.4 Å². The minimum atomic E-state index is 0.0119. The van der Waals surface area contributed by atoms with Crippen molar-refractivity contribution in [2.24, 2.45) is 0 Å². The highest BCUT2D eigenvalue weighted by Crippen LogP contribution is 2.46. The van der Waals surface area contributed by atoms with Crippen LogP contribution in [0.1, 0.15) is 53.1 Å². The third-order valence-corrected chi connectivity index (χ3v) is 7.50. The summed E-state index contributed by atoms with van der Waals surface area (Å²) in [6, 6.07) is 27.9. The average molecular weight is 425 g/mol. The van der Waals surface area contributed by atoms with Gasteiger partial charge in [-0.3, -0.25) is 10.1 Å². The van der Waals surface area contributed by atoms with Crippen molar-refractivity contribution in [1.82, 2.24) is 10.2 Å². The van der Waals surface area contributed by atoms with E-state index in [0.29, 0.717) is 6.54 Å². The second kappa shape index (κ2) is 8.91. The number of likely N-dealkylation sites (tertiary alicyclic amines) is 1. The Labute approximate surface area is 191 Å². The van der Waals surface area contributed by atoms with E-state index >= 15 is 0 Å². The Morgan fingerprint density at radius 1 is 0.906 bits per heavy atom. The van der Waals surface area contributed by atoms with Crippen LogP contribution < -0.4 is 5.32 Å². The summed E-state index contributed by atoms with van der Waals surface area (Å²) in [5.74, 6) is 0.208. The van der Waals surface area contributed by atoms with E-state index in [1.54, 1.807) is 0 Å².